The molecule has 1 N–H and O–H groups in total. The summed E-state index contributed by atoms with van der Waals surface area (Å²) < 4.78 is 0. The third-order valence-corrected chi connectivity index (χ3v) is 4.23. The van der Waals surface area contributed by atoms with Crippen molar-refractivity contribution < 1.29 is 4.79 Å². The van der Waals surface area contributed by atoms with Crippen molar-refractivity contribution in [2.45, 2.75) is 51.5 Å². The second kappa shape index (κ2) is 5.71. The van der Waals surface area contributed by atoms with Crippen LogP contribution in [0.2, 0.25) is 0 Å². The zero-order valence-electron chi connectivity index (χ0n) is 11.2. The number of nitrogens with one attached hydrogen (secondary N) is 1. The molecule has 1 saturated carbocycles. The molecule has 0 radical (unpaired) electrons. The van der Waals surface area contributed by atoms with E-state index in [1.807, 2.05) is 11.8 Å². The minimum atomic E-state index is -0.112. The summed E-state index contributed by atoms with van der Waals surface area (Å²) in [5.74, 6) is 0.224. The topological polar surface area (TPSA) is 56.1 Å². The van der Waals surface area contributed by atoms with Gasteiger partial charge < -0.3 is 10.2 Å². The molecule has 18 heavy (non-hydrogen) atoms. The first kappa shape index (κ1) is 13.4. The number of likely N-dealkylation sites (tertiary alicyclic amines) is 1. The van der Waals surface area contributed by atoms with Crippen molar-refractivity contribution in [2.75, 3.05) is 19.6 Å². The van der Waals surface area contributed by atoms with E-state index in [4.69, 9.17) is 5.26 Å². The fraction of sp³-hybridized carbons (Fsp3) is 0.857. The Labute approximate surface area is 109 Å². The number of piperidine rings is 1. The molecular formula is C14H23N3O. The van der Waals surface area contributed by atoms with Crippen LogP contribution < -0.4 is 5.32 Å². The minimum Gasteiger partial charge on any atom is -0.341 e. The largest absolute Gasteiger partial charge is 0.341 e. The van der Waals surface area contributed by atoms with Crippen LogP contribution in [0.3, 0.4) is 0 Å². The van der Waals surface area contributed by atoms with E-state index in [1.54, 1.807) is 0 Å². The number of hydrogen-bond donors (Lipinski definition) is 1. The lowest BCUT2D eigenvalue weighted by Crippen LogP contribution is -2.48. The van der Waals surface area contributed by atoms with Crippen LogP contribution in [0.1, 0.15) is 45.4 Å². The maximum atomic E-state index is 12.2. The molecule has 2 rings (SSSR count). The van der Waals surface area contributed by atoms with Crippen LogP contribution in [0.15, 0.2) is 0 Å². The summed E-state index contributed by atoms with van der Waals surface area (Å²) in [7, 11) is 0. The predicted octanol–water partition coefficient (Wildman–Crippen LogP) is 1.67. The highest BCUT2D eigenvalue weighted by Gasteiger charge is 2.42. The Balaban J connectivity index is 1.75. The van der Waals surface area contributed by atoms with E-state index in [1.165, 1.54) is 6.42 Å². The van der Waals surface area contributed by atoms with Crippen LogP contribution in [-0.2, 0) is 4.79 Å². The SMILES string of the molecule is CC(NCC1(CC#N)CC1)C(=O)N1CCCCC1. The van der Waals surface area contributed by atoms with Crippen molar-refractivity contribution in [2.24, 2.45) is 5.41 Å². The van der Waals surface area contributed by atoms with Gasteiger partial charge in [-0.3, -0.25) is 4.79 Å². The molecule has 1 saturated heterocycles. The molecular weight excluding hydrogens is 226 g/mol. The van der Waals surface area contributed by atoms with Crippen molar-refractivity contribution in [3.8, 4) is 6.07 Å². The van der Waals surface area contributed by atoms with Gasteiger partial charge in [0.15, 0.2) is 0 Å². The number of rotatable bonds is 5. The summed E-state index contributed by atoms with van der Waals surface area (Å²) in [6, 6.07) is 2.14. The van der Waals surface area contributed by atoms with E-state index < -0.39 is 0 Å². The number of carbonyl (C=O) groups excluding carboxylic acids is 1. The predicted molar refractivity (Wildman–Crippen MR) is 69.8 cm³/mol. The van der Waals surface area contributed by atoms with Crippen molar-refractivity contribution >= 4 is 5.91 Å². The molecule has 0 bridgehead atoms. The van der Waals surface area contributed by atoms with Crippen LogP contribution in [0.5, 0.6) is 0 Å². The Bertz CT molecular complexity index is 337. The first-order valence-corrected chi connectivity index (χ1v) is 7.06. The van der Waals surface area contributed by atoms with Gasteiger partial charge in [-0.2, -0.15) is 5.26 Å². The van der Waals surface area contributed by atoms with Gasteiger partial charge in [-0.15, -0.1) is 0 Å². The summed E-state index contributed by atoms with van der Waals surface area (Å²) in [6.07, 6.45) is 6.38. The summed E-state index contributed by atoms with van der Waals surface area (Å²) >= 11 is 0. The second-order valence-corrected chi connectivity index (χ2v) is 5.82. The van der Waals surface area contributed by atoms with Gasteiger partial charge in [-0.05, 0) is 44.4 Å². The van der Waals surface area contributed by atoms with Crippen LogP contribution in [0.4, 0.5) is 0 Å². The zero-order chi connectivity index (χ0) is 13.0. The molecule has 1 heterocycles. The molecule has 0 aromatic carbocycles. The lowest BCUT2D eigenvalue weighted by Gasteiger charge is -2.30. The van der Waals surface area contributed by atoms with Crippen molar-refractivity contribution in [3.63, 3.8) is 0 Å². The molecule has 2 fully saturated rings. The highest BCUT2D eigenvalue weighted by Crippen LogP contribution is 2.47. The van der Waals surface area contributed by atoms with E-state index in [0.717, 1.165) is 45.3 Å². The Hall–Kier alpha value is -1.08. The number of amides is 1. The molecule has 4 nitrogen and oxygen atoms in total. The molecule has 1 atom stereocenters. The van der Waals surface area contributed by atoms with Crippen LogP contribution in [0.25, 0.3) is 0 Å². The Morgan fingerprint density at radius 3 is 2.61 bits per heavy atom. The van der Waals surface area contributed by atoms with Crippen LogP contribution in [0, 0.1) is 16.7 Å². The van der Waals surface area contributed by atoms with E-state index >= 15 is 0 Å². The Kier molecular flexibility index (Phi) is 4.23. The molecule has 1 aliphatic carbocycles. The first-order chi connectivity index (χ1) is 8.67. The number of carbonyl (C=O) groups is 1. The van der Waals surface area contributed by atoms with Gasteiger partial charge >= 0.3 is 0 Å². The second-order valence-electron chi connectivity index (χ2n) is 5.82. The smallest absolute Gasteiger partial charge is 0.239 e. The molecule has 0 aromatic rings. The van der Waals surface area contributed by atoms with E-state index in [0.29, 0.717) is 6.42 Å². The zero-order valence-corrected chi connectivity index (χ0v) is 11.2. The first-order valence-electron chi connectivity index (χ1n) is 7.06. The molecule has 0 aromatic heterocycles. The van der Waals surface area contributed by atoms with E-state index in [2.05, 4.69) is 11.4 Å². The average molecular weight is 249 g/mol. The van der Waals surface area contributed by atoms with Gasteiger partial charge in [-0.25, -0.2) is 0 Å². The number of nitriles is 1. The number of nitrogens with zero attached hydrogens (tertiary/aromatic N) is 2. The van der Waals surface area contributed by atoms with Crippen LogP contribution >= 0.6 is 0 Å². The van der Waals surface area contributed by atoms with Gasteiger partial charge in [0.25, 0.3) is 0 Å². The average Bonchev–Trinajstić information content (AvgIpc) is 3.17. The summed E-state index contributed by atoms with van der Waals surface area (Å²) in [5.41, 5.74) is 0.172. The minimum absolute atomic E-state index is 0.112. The molecule has 2 aliphatic rings. The van der Waals surface area contributed by atoms with Gasteiger partial charge in [0, 0.05) is 26.1 Å². The normalized spacial score (nSPS) is 23.2. The van der Waals surface area contributed by atoms with Crippen molar-refractivity contribution in [1.29, 1.82) is 5.26 Å². The molecule has 1 amide bonds. The summed E-state index contributed by atoms with van der Waals surface area (Å²) in [5, 5.41) is 12.1. The fourth-order valence-corrected chi connectivity index (χ4v) is 2.61. The third kappa shape index (κ3) is 3.23. The summed E-state index contributed by atoms with van der Waals surface area (Å²) in [4.78, 5) is 14.2. The van der Waals surface area contributed by atoms with Gasteiger partial charge in [0.05, 0.1) is 12.1 Å². The summed E-state index contributed by atoms with van der Waals surface area (Å²) in [6.45, 7) is 4.57. The molecule has 0 spiro atoms. The maximum Gasteiger partial charge on any atom is 0.239 e. The quantitative estimate of drug-likeness (QED) is 0.806. The fourth-order valence-electron chi connectivity index (χ4n) is 2.61. The van der Waals surface area contributed by atoms with Gasteiger partial charge in [-0.1, -0.05) is 0 Å². The highest BCUT2D eigenvalue weighted by molar-refractivity contribution is 5.81. The molecule has 100 valence electrons. The van der Waals surface area contributed by atoms with Gasteiger partial charge in [0.2, 0.25) is 5.91 Å². The third-order valence-electron chi connectivity index (χ3n) is 4.23. The Morgan fingerprint density at radius 2 is 2.06 bits per heavy atom. The standard InChI is InChI=1S/C14H23N3O/c1-12(13(18)17-9-3-2-4-10-17)16-11-14(5-6-14)7-8-15/h12,16H,2-7,9-11H2,1H3. The van der Waals surface area contributed by atoms with Crippen LogP contribution in [-0.4, -0.2) is 36.5 Å². The lowest BCUT2D eigenvalue weighted by atomic mass is 10.0. The number of hydrogen-bond acceptors (Lipinski definition) is 3. The Morgan fingerprint density at radius 1 is 1.39 bits per heavy atom. The molecule has 1 unspecified atom stereocenters. The van der Waals surface area contributed by atoms with Gasteiger partial charge in [0.1, 0.15) is 0 Å². The maximum absolute atomic E-state index is 12.2. The lowest BCUT2D eigenvalue weighted by molar-refractivity contribution is -0.134. The van der Waals surface area contributed by atoms with Crippen molar-refractivity contribution in [1.82, 2.24) is 10.2 Å². The molecule has 4 heteroatoms. The monoisotopic (exact) mass is 249 g/mol. The highest BCUT2D eigenvalue weighted by atomic mass is 16.2. The van der Waals surface area contributed by atoms with E-state index in [9.17, 15) is 4.79 Å². The molecule has 1 aliphatic heterocycles. The van der Waals surface area contributed by atoms with Crippen molar-refractivity contribution in [3.05, 3.63) is 0 Å². The van der Waals surface area contributed by atoms with E-state index in [-0.39, 0.29) is 17.4 Å².